The standard InChI is InChI=1S/C35H27ClN2O5/c1-42-23-15-16-28(43-2)25(19-23)32(40)29-30(31(39)21-11-13-22(36)14-12-21)38-18-17-20-7-3-4-8-24(20)33(38)35(29)26-9-5-6-10-27(26)37-34(35)41/h3-19,29-30,33H,1-2H3,(H,37,41)/t29-,30+,33+,35-/m0/s1. The van der Waals surface area contributed by atoms with Gasteiger partial charge in [-0.1, -0.05) is 54.1 Å². The van der Waals surface area contributed by atoms with E-state index in [0.717, 1.165) is 11.1 Å². The fourth-order valence-corrected chi connectivity index (χ4v) is 7.25. The van der Waals surface area contributed by atoms with Crippen LogP contribution in [0.25, 0.3) is 6.08 Å². The number of fused-ring (bicyclic) bond motifs is 6. The second kappa shape index (κ2) is 10.1. The lowest BCUT2D eigenvalue weighted by molar-refractivity contribution is -0.122. The maximum atomic E-state index is 15.1. The summed E-state index contributed by atoms with van der Waals surface area (Å²) in [6.45, 7) is 0. The van der Waals surface area contributed by atoms with E-state index in [-0.39, 0.29) is 17.3 Å². The number of carbonyl (C=O) groups excluding carboxylic acids is 3. The minimum Gasteiger partial charge on any atom is -0.497 e. The van der Waals surface area contributed by atoms with Gasteiger partial charge in [-0.15, -0.1) is 0 Å². The Kier molecular flexibility index (Phi) is 6.36. The Morgan fingerprint density at radius 1 is 0.884 bits per heavy atom. The fraction of sp³-hybridized carbons (Fsp3) is 0.171. The molecule has 1 saturated heterocycles. The smallest absolute Gasteiger partial charge is 0.238 e. The molecule has 1 spiro atoms. The number of hydrogen-bond acceptors (Lipinski definition) is 6. The number of halogens is 1. The normalized spacial score (nSPS) is 22.9. The van der Waals surface area contributed by atoms with E-state index in [1.54, 1.807) is 42.5 Å². The molecule has 4 atom stereocenters. The van der Waals surface area contributed by atoms with Gasteiger partial charge in [-0.25, -0.2) is 0 Å². The Balaban J connectivity index is 1.55. The third-order valence-corrected chi connectivity index (χ3v) is 9.17. The van der Waals surface area contributed by atoms with Crippen LogP contribution in [0, 0.1) is 5.92 Å². The van der Waals surface area contributed by atoms with E-state index in [2.05, 4.69) is 5.32 Å². The molecule has 0 saturated carbocycles. The van der Waals surface area contributed by atoms with Gasteiger partial charge in [0.05, 0.1) is 31.7 Å². The molecule has 7 rings (SSSR count). The van der Waals surface area contributed by atoms with Crippen molar-refractivity contribution in [3.63, 3.8) is 0 Å². The molecule has 214 valence electrons. The summed E-state index contributed by atoms with van der Waals surface area (Å²) in [6.07, 6.45) is 3.77. The van der Waals surface area contributed by atoms with Crippen LogP contribution in [0.2, 0.25) is 5.02 Å². The summed E-state index contributed by atoms with van der Waals surface area (Å²) in [5, 5.41) is 3.55. The van der Waals surface area contributed by atoms with Crippen molar-refractivity contribution in [2.75, 3.05) is 19.5 Å². The predicted molar refractivity (Wildman–Crippen MR) is 164 cm³/mol. The Bertz CT molecular complexity index is 1830. The average Bonchev–Trinajstić information content (AvgIpc) is 3.52. The van der Waals surface area contributed by atoms with Gasteiger partial charge in [0.25, 0.3) is 0 Å². The van der Waals surface area contributed by atoms with Crippen molar-refractivity contribution in [1.29, 1.82) is 0 Å². The maximum Gasteiger partial charge on any atom is 0.238 e. The van der Waals surface area contributed by atoms with Crippen molar-refractivity contribution in [1.82, 2.24) is 4.90 Å². The topological polar surface area (TPSA) is 84.9 Å². The van der Waals surface area contributed by atoms with E-state index in [1.165, 1.54) is 14.2 Å². The van der Waals surface area contributed by atoms with Crippen LogP contribution in [-0.2, 0) is 10.2 Å². The summed E-state index contributed by atoms with van der Waals surface area (Å²) in [5.74, 6) is -1.38. The molecule has 0 aliphatic carbocycles. The average molecular weight is 591 g/mol. The van der Waals surface area contributed by atoms with E-state index >= 15 is 4.79 Å². The quantitative estimate of drug-likeness (QED) is 0.264. The number of Topliss-reactive ketones (excluding diaryl/α,β-unsaturated/α-hetero) is 2. The minimum atomic E-state index is -1.45. The molecule has 0 aromatic heterocycles. The molecule has 7 nitrogen and oxygen atoms in total. The van der Waals surface area contributed by atoms with Crippen LogP contribution in [0.5, 0.6) is 11.5 Å². The summed E-state index contributed by atoms with van der Waals surface area (Å²) < 4.78 is 11.1. The van der Waals surface area contributed by atoms with Crippen molar-refractivity contribution in [3.05, 3.63) is 130 Å². The number of rotatable bonds is 6. The van der Waals surface area contributed by atoms with Crippen molar-refractivity contribution >= 4 is 40.8 Å². The zero-order valence-electron chi connectivity index (χ0n) is 23.4. The van der Waals surface area contributed by atoms with Gasteiger partial charge in [0.2, 0.25) is 5.91 Å². The van der Waals surface area contributed by atoms with Crippen LogP contribution >= 0.6 is 11.6 Å². The zero-order chi connectivity index (χ0) is 29.9. The van der Waals surface area contributed by atoms with Crippen LogP contribution in [0.15, 0.2) is 97.2 Å². The lowest BCUT2D eigenvalue weighted by atomic mass is 9.62. The second-order valence-electron chi connectivity index (χ2n) is 10.9. The van der Waals surface area contributed by atoms with E-state index in [1.807, 2.05) is 65.7 Å². The van der Waals surface area contributed by atoms with Gasteiger partial charge in [-0.05, 0) is 71.3 Å². The molecule has 1 amide bonds. The summed E-state index contributed by atoms with van der Waals surface area (Å²) in [7, 11) is 3.00. The molecule has 43 heavy (non-hydrogen) atoms. The van der Waals surface area contributed by atoms with Gasteiger partial charge in [-0.2, -0.15) is 0 Å². The Morgan fingerprint density at radius 2 is 1.63 bits per heavy atom. The number of carbonyl (C=O) groups is 3. The highest BCUT2D eigenvalue weighted by Crippen LogP contribution is 2.62. The molecule has 3 heterocycles. The molecule has 1 N–H and O–H groups in total. The number of ketones is 2. The van der Waals surface area contributed by atoms with Crippen LogP contribution in [0.1, 0.15) is 43.4 Å². The Morgan fingerprint density at radius 3 is 2.40 bits per heavy atom. The van der Waals surface area contributed by atoms with E-state index < -0.39 is 29.2 Å². The first-order chi connectivity index (χ1) is 20.9. The largest absolute Gasteiger partial charge is 0.497 e. The molecular formula is C35H27ClN2O5. The van der Waals surface area contributed by atoms with Gasteiger partial charge < -0.3 is 19.7 Å². The number of amides is 1. The second-order valence-corrected chi connectivity index (χ2v) is 11.3. The summed E-state index contributed by atoms with van der Waals surface area (Å²) in [6, 6.07) is 25.1. The van der Waals surface area contributed by atoms with Gasteiger partial charge >= 0.3 is 0 Å². The lowest BCUT2D eigenvalue weighted by Gasteiger charge is -2.38. The van der Waals surface area contributed by atoms with Crippen molar-refractivity contribution in [3.8, 4) is 11.5 Å². The summed E-state index contributed by atoms with van der Waals surface area (Å²) >= 11 is 6.17. The third-order valence-electron chi connectivity index (χ3n) is 8.92. The summed E-state index contributed by atoms with van der Waals surface area (Å²) in [5.41, 5.74) is 2.24. The lowest BCUT2D eigenvalue weighted by Crippen LogP contribution is -2.49. The SMILES string of the molecule is COc1ccc(OC)c(C(=O)[C@@H]2[C@H](C(=O)c3ccc(Cl)cc3)N3C=Cc4ccccc4[C@@H]3[C@@]23C(=O)Nc2ccccc23)c1. The number of methoxy groups -OCH3 is 2. The van der Waals surface area contributed by atoms with Gasteiger partial charge in [0, 0.05) is 22.5 Å². The van der Waals surface area contributed by atoms with Crippen LogP contribution in [-0.4, -0.2) is 42.6 Å². The van der Waals surface area contributed by atoms with E-state index in [0.29, 0.717) is 33.3 Å². The van der Waals surface area contributed by atoms with E-state index in [4.69, 9.17) is 21.1 Å². The highest BCUT2D eigenvalue weighted by molar-refractivity contribution is 6.30. The molecule has 0 radical (unpaired) electrons. The molecule has 4 aromatic rings. The number of para-hydroxylation sites is 1. The van der Waals surface area contributed by atoms with Crippen molar-refractivity contribution < 1.29 is 23.9 Å². The highest BCUT2D eigenvalue weighted by Gasteiger charge is 2.70. The molecule has 3 aliphatic heterocycles. The molecule has 0 bridgehead atoms. The number of hydrogen-bond donors (Lipinski definition) is 1. The third kappa shape index (κ3) is 3.85. The van der Waals surface area contributed by atoms with Crippen molar-refractivity contribution in [2.24, 2.45) is 5.92 Å². The van der Waals surface area contributed by atoms with Gasteiger partial charge in [0.15, 0.2) is 11.6 Å². The number of ether oxygens (including phenoxy) is 2. The van der Waals surface area contributed by atoms with Crippen LogP contribution in [0.4, 0.5) is 5.69 Å². The highest BCUT2D eigenvalue weighted by atomic mass is 35.5. The Labute approximate surface area is 253 Å². The van der Waals surface area contributed by atoms with E-state index in [9.17, 15) is 9.59 Å². The van der Waals surface area contributed by atoms with Gasteiger partial charge in [-0.3, -0.25) is 14.4 Å². The first kappa shape index (κ1) is 27.0. The molecular weight excluding hydrogens is 564 g/mol. The molecule has 8 heteroatoms. The zero-order valence-corrected chi connectivity index (χ0v) is 24.2. The molecule has 3 aliphatic rings. The Hall–Kier alpha value is -4.88. The van der Waals surface area contributed by atoms with Crippen molar-refractivity contribution in [2.45, 2.75) is 17.5 Å². The minimum absolute atomic E-state index is 0.231. The van der Waals surface area contributed by atoms with Crippen LogP contribution < -0.4 is 14.8 Å². The van der Waals surface area contributed by atoms with Crippen LogP contribution in [0.3, 0.4) is 0 Å². The summed E-state index contributed by atoms with van der Waals surface area (Å²) in [4.78, 5) is 46.3. The monoisotopic (exact) mass is 590 g/mol. The molecule has 1 fully saturated rings. The first-order valence-corrected chi connectivity index (χ1v) is 14.3. The van der Waals surface area contributed by atoms with Gasteiger partial charge in [0.1, 0.15) is 23.0 Å². The maximum absolute atomic E-state index is 15.1. The molecule has 0 unspecified atom stereocenters. The fourth-order valence-electron chi connectivity index (χ4n) is 7.13. The molecule has 4 aromatic carbocycles. The number of nitrogens with one attached hydrogen (secondary N) is 1. The number of benzene rings is 4. The number of nitrogens with zero attached hydrogens (tertiary/aromatic N) is 1. The number of anilines is 1. The first-order valence-electron chi connectivity index (χ1n) is 13.9. The predicted octanol–water partition coefficient (Wildman–Crippen LogP) is 6.34.